The molecule has 0 radical (unpaired) electrons. The molecule has 0 aliphatic carbocycles. The molecule has 1 rings (SSSR count). The van der Waals surface area contributed by atoms with Gasteiger partial charge in [-0.15, -0.1) is 0 Å². The van der Waals surface area contributed by atoms with Crippen LogP contribution in [0.4, 0.5) is 0 Å². The molecule has 0 bridgehead atoms. The number of amides is 1. The number of nitrogens with one attached hydrogen (secondary N) is 1. The minimum absolute atomic E-state index is 0.0474. The molecule has 0 aliphatic rings. The molecule has 0 spiro atoms. The second kappa shape index (κ2) is 5.54. The summed E-state index contributed by atoms with van der Waals surface area (Å²) in [6, 6.07) is 3.84. The predicted molar refractivity (Wildman–Crippen MR) is 62.9 cm³/mol. The van der Waals surface area contributed by atoms with Gasteiger partial charge < -0.3 is 20.6 Å². The van der Waals surface area contributed by atoms with Crippen molar-refractivity contribution in [3.8, 4) is 11.5 Å². The fourth-order valence-electron chi connectivity index (χ4n) is 1.34. The third kappa shape index (κ3) is 3.10. The molecule has 1 amide bonds. The Bertz CT molecular complexity index is 385. The summed E-state index contributed by atoms with van der Waals surface area (Å²) in [6.07, 6.45) is 0. The number of carbonyl (C=O) groups excluding carboxylic acids is 1. The summed E-state index contributed by atoms with van der Waals surface area (Å²) >= 11 is 0. The van der Waals surface area contributed by atoms with Gasteiger partial charge in [-0.2, -0.15) is 0 Å². The van der Waals surface area contributed by atoms with Gasteiger partial charge in [0.2, 0.25) is 0 Å². The van der Waals surface area contributed by atoms with Gasteiger partial charge in [-0.1, -0.05) is 13.0 Å². The first-order valence-electron chi connectivity index (χ1n) is 5.40. The molecule has 2 unspecified atom stereocenters. The van der Waals surface area contributed by atoms with Crippen molar-refractivity contribution < 1.29 is 20.1 Å². The van der Waals surface area contributed by atoms with Crippen molar-refractivity contribution in [2.75, 3.05) is 6.61 Å². The van der Waals surface area contributed by atoms with E-state index in [1.54, 1.807) is 13.8 Å². The highest BCUT2D eigenvalue weighted by Gasteiger charge is 2.20. The van der Waals surface area contributed by atoms with Crippen molar-refractivity contribution in [1.29, 1.82) is 0 Å². The molecule has 1 aromatic rings. The number of phenolic OH excluding ortho intramolecular Hbond substituents is 2. The van der Waals surface area contributed by atoms with Crippen LogP contribution in [0, 0.1) is 5.92 Å². The Morgan fingerprint density at radius 3 is 2.29 bits per heavy atom. The van der Waals surface area contributed by atoms with Crippen LogP contribution in [0.2, 0.25) is 0 Å². The van der Waals surface area contributed by atoms with Crippen LogP contribution in [0.5, 0.6) is 11.5 Å². The summed E-state index contributed by atoms with van der Waals surface area (Å²) in [5.41, 5.74) is -0.149. The van der Waals surface area contributed by atoms with Crippen LogP contribution in [0.15, 0.2) is 18.2 Å². The number of aromatic hydroxyl groups is 2. The Balaban J connectivity index is 2.84. The Morgan fingerprint density at radius 2 is 1.82 bits per heavy atom. The molecule has 4 N–H and O–H groups in total. The molecule has 0 fully saturated rings. The van der Waals surface area contributed by atoms with Gasteiger partial charge in [0.15, 0.2) is 0 Å². The van der Waals surface area contributed by atoms with E-state index in [-0.39, 0.29) is 35.6 Å². The first kappa shape index (κ1) is 13.3. The van der Waals surface area contributed by atoms with E-state index in [0.29, 0.717) is 0 Å². The van der Waals surface area contributed by atoms with Gasteiger partial charge in [0.1, 0.15) is 17.1 Å². The summed E-state index contributed by atoms with van der Waals surface area (Å²) in [4.78, 5) is 11.8. The smallest absolute Gasteiger partial charge is 0.259 e. The monoisotopic (exact) mass is 239 g/mol. The van der Waals surface area contributed by atoms with Gasteiger partial charge in [0.25, 0.3) is 5.91 Å². The molecule has 0 saturated carbocycles. The highest BCUT2D eigenvalue weighted by molar-refractivity contribution is 5.99. The highest BCUT2D eigenvalue weighted by atomic mass is 16.3. The van der Waals surface area contributed by atoms with Gasteiger partial charge in [-0.25, -0.2) is 0 Å². The summed E-state index contributed by atoms with van der Waals surface area (Å²) < 4.78 is 0. The average molecular weight is 239 g/mol. The number of carbonyl (C=O) groups is 1. The van der Waals surface area contributed by atoms with Crippen molar-refractivity contribution in [2.24, 2.45) is 5.92 Å². The predicted octanol–water partition coefficient (Wildman–Crippen LogP) is 0.845. The largest absolute Gasteiger partial charge is 0.507 e. The van der Waals surface area contributed by atoms with Gasteiger partial charge in [-0.05, 0) is 25.0 Å². The van der Waals surface area contributed by atoms with E-state index in [9.17, 15) is 15.0 Å². The Labute approximate surface area is 99.7 Å². The van der Waals surface area contributed by atoms with Gasteiger partial charge >= 0.3 is 0 Å². The number of aliphatic hydroxyl groups is 1. The summed E-state index contributed by atoms with van der Waals surface area (Å²) in [5.74, 6) is -1.21. The van der Waals surface area contributed by atoms with Crippen LogP contribution in [-0.4, -0.2) is 33.9 Å². The highest BCUT2D eigenvalue weighted by Crippen LogP contribution is 2.26. The van der Waals surface area contributed by atoms with E-state index in [4.69, 9.17) is 5.11 Å². The topological polar surface area (TPSA) is 89.8 Å². The quantitative estimate of drug-likeness (QED) is 0.627. The van der Waals surface area contributed by atoms with Crippen molar-refractivity contribution in [3.05, 3.63) is 23.8 Å². The fourth-order valence-corrected chi connectivity index (χ4v) is 1.34. The van der Waals surface area contributed by atoms with Crippen LogP contribution in [0.25, 0.3) is 0 Å². The SMILES string of the molecule is CC(CO)C(C)NC(=O)c1c(O)cccc1O. The van der Waals surface area contributed by atoms with Crippen molar-refractivity contribution in [2.45, 2.75) is 19.9 Å². The molecule has 5 heteroatoms. The fraction of sp³-hybridized carbons (Fsp3) is 0.417. The van der Waals surface area contributed by atoms with Gasteiger partial charge in [-0.3, -0.25) is 4.79 Å². The maximum absolute atomic E-state index is 11.8. The Kier molecular flexibility index (Phi) is 4.34. The molecule has 94 valence electrons. The van der Waals surface area contributed by atoms with Crippen LogP contribution >= 0.6 is 0 Å². The molecular weight excluding hydrogens is 222 g/mol. The number of benzene rings is 1. The van der Waals surface area contributed by atoms with Crippen LogP contribution in [-0.2, 0) is 0 Å². The van der Waals surface area contributed by atoms with Crippen molar-refractivity contribution in [3.63, 3.8) is 0 Å². The van der Waals surface area contributed by atoms with E-state index in [1.165, 1.54) is 18.2 Å². The van der Waals surface area contributed by atoms with Crippen molar-refractivity contribution >= 4 is 5.91 Å². The average Bonchev–Trinajstić information content (AvgIpc) is 2.27. The molecule has 17 heavy (non-hydrogen) atoms. The molecule has 1 aromatic carbocycles. The van der Waals surface area contributed by atoms with Gasteiger partial charge in [0.05, 0.1) is 0 Å². The molecule has 0 aliphatic heterocycles. The lowest BCUT2D eigenvalue weighted by atomic mass is 10.0. The lowest BCUT2D eigenvalue weighted by Gasteiger charge is -2.19. The lowest BCUT2D eigenvalue weighted by molar-refractivity contribution is 0.0911. The zero-order chi connectivity index (χ0) is 13.0. The first-order valence-corrected chi connectivity index (χ1v) is 5.40. The van der Waals surface area contributed by atoms with Crippen LogP contribution in [0.3, 0.4) is 0 Å². The zero-order valence-electron chi connectivity index (χ0n) is 9.84. The standard InChI is InChI=1S/C12H17NO4/c1-7(6-14)8(2)13-12(17)11-9(15)4-3-5-10(11)16/h3-5,7-8,14-16H,6H2,1-2H3,(H,13,17). The van der Waals surface area contributed by atoms with E-state index in [1.807, 2.05) is 0 Å². The van der Waals surface area contributed by atoms with Crippen molar-refractivity contribution in [1.82, 2.24) is 5.32 Å². The second-order valence-corrected chi connectivity index (χ2v) is 4.09. The Hall–Kier alpha value is -1.75. The third-order valence-electron chi connectivity index (χ3n) is 2.75. The molecule has 0 saturated heterocycles. The normalized spacial score (nSPS) is 14.1. The zero-order valence-corrected chi connectivity index (χ0v) is 9.84. The summed E-state index contributed by atoms with van der Waals surface area (Å²) in [6.45, 7) is 3.49. The molecule has 2 atom stereocenters. The van der Waals surface area contributed by atoms with E-state index in [2.05, 4.69) is 5.32 Å². The number of hydrogen-bond acceptors (Lipinski definition) is 4. The molecule has 0 aromatic heterocycles. The third-order valence-corrected chi connectivity index (χ3v) is 2.75. The molecule has 0 heterocycles. The number of hydrogen-bond donors (Lipinski definition) is 4. The number of rotatable bonds is 4. The van der Waals surface area contributed by atoms with E-state index in [0.717, 1.165) is 0 Å². The van der Waals surface area contributed by atoms with Crippen LogP contribution in [0.1, 0.15) is 24.2 Å². The number of phenols is 2. The molecule has 5 nitrogen and oxygen atoms in total. The first-order chi connectivity index (χ1) is 7.97. The number of aliphatic hydroxyl groups excluding tert-OH is 1. The maximum Gasteiger partial charge on any atom is 0.259 e. The molecular formula is C12H17NO4. The minimum Gasteiger partial charge on any atom is -0.507 e. The van der Waals surface area contributed by atoms with Gasteiger partial charge in [0, 0.05) is 12.6 Å². The minimum atomic E-state index is -0.562. The summed E-state index contributed by atoms with van der Waals surface area (Å²) in [5, 5.41) is 30.6. The Morgan fingerprint density at radius 1 is 1.29 bits per heavy atom. The van der Waals surface area contributed by atoms with Crippen LogP contribution < -0.4 is 5.32 Å². The lowest BCUT2D eigenvalue weighted by Crippen LogP contribution is -2.38. The maximum atomic E-state index is 11.8. The summed E-state index contributed by atoms with van der Waals surface area (Å²) in [7, 11) is 0. The second-order valence-electron chi connectivity index (χ2n) is 4.09. The van der Waals surface area contributed by atoms with E-state index < -0.39 is 5.91 Å². The van der Waals surface area contributed by atoms with E-state index >= 15 is 0 Å².